The largest absolute Gasteiger partial charge is 0.376 e. The lowest BCUT2D eigenvalue weighted by atomic mass is 10.0. The molecule has 4 rings (SSSR count). The highest BCUT2D eigenvalue weighted by atomic mass is 79.9. The van der Waals surface area contributed by atoms with E-state index in [4.69, 9.17) is 9.72 Å². The summed E-state index contributed by atoms with van der Waals surface area (Å²) in [6.45, 7) is 5.50. The lowest BCUT2D eigenvalue weighted by molar-refractivity contribution is -0.118. The molecule has 2 heterocycles. The van der Waals surface area contributed by atoms with Crippen molar-refractivity contribution in [2.45, 2.75) is 39.2 Å². The topological polar surface area (TPSA) is 42.4 Å². The summed E-state index contributed by atoms with van der Waals surface area (Å²) >= 11 is 5.07. The molecular weight excluding hydrogens is 436 g/mol. The van der Waals surface area contributed by atoms with E-state index >= 15 is 0 Å². The van der Waals surface area contributed by atoms with Crippen LogP contribution in [0.25, 0.3) is 10.2 Å². The van der Waals surface area contributed by atoms with Gasteiger partial charge >= 0.3 is 0 Å². The number of ether oxygens (including phenoxy) is 1. The zero-order valence-electron chi connectivity index (χ0n) is 16.1. The molecule has 0 radical (unpaired) electrons. The third-order valence-electron chi connectivity index (χ3n) is 5.21. The second-order valence-electron chi connectivity index (χ2n) is 7.34. The summed E-state index contributed by atoms with van der Waals surface area (Å²) in [4.78, 5) is 19.8. The number of aryl methyl sites for hydroxylation is 2. The molecule has 3 aromatic rings. The maximum Gasteiger partial charge on any atom is 0.233 e. The van der Waals surface area contributed by atoms with Crippen molar-refractivity contribution in [3.8, 4) is 0 Å². The highest BCUT2D eigenvalue weighted by Gasteiger charge is 2.26. The van der Waals surface area contributed by atoms with Crippen LogP contribution in [0.1, 0.15) is 29.5 Å². The van der Waals surface area contributed by atoms with Gasteiger partial charge in [-0.15, -0.1) is 0 Å². The molecule has 2 aromatic carbocycles. The smallest absolute Gasteiger partial charge is 0.233 e. The summed E-state index contributed by atoms with van der Waals surface area (Å²) in [7, 11) is 0. The molecular formula is C22H23BrN2O2S. The highest BCUT2D eigenvalue weighted by molar-refractivity contribution is 9.10. The number of amides is 1. The lowest BCUT2D eigenvalue weighted by Crippen LogP contribution is -2.38. The van der Waals surface area contributed by atoms with Crippen LogP contribution in [0.2, 0.25) is 0 Å². The van der Waals surface area contributed by atoms with E-state index in [2.05, 4.69) is 48.0 Å². The Labute approximate surface area is 177 Å². The standard InChI is InChI=1S/C22H23BrN2O2S/c1-14-5-6-16(10-15(14)2)11-21(26)25(13-18-4-3-9-27-18)22-24-19-8-7-17(23)12-20(19)28-22/h5-8,10,12,18H,3-4,9,11,13H2,1-2H3. The summed E-state index contributed by atoms with van der Waals surface area (Å²) in [6, 6.07) is 12.2. The van der Waals surface area contributed by atoms with Gasteiger partial charge in [0.1, 0.15) is 0 Å². The van der Waals surface area contributed by atoms with Crippen molar-refractivity contribution in [3.63, 3.8) is 0 Å². The van der Waals surface area contributed by atoms with Crippen molar-refractivity contribution in [2.75, 3.05) is 18.1 Å². The molecule has 0 aliphatic carbocycles. The fourth-order valence-electron chi connectivity index (χ4n) is 3.46. The Morgan fingerprint density at radius 3 is 2.86 bits per heavy atom. The second kappa shape index (κ2) is 8.31. The molecule has 0 bridgehead atoms. The number of thiazole rings is 1. The summed E-state index contributed by atoms with van der Waals surface area (Å²) in [5, 5.41) is 0.748. The first kappa shape index (κ1) is 19.6. The fraction of sp³-hybridized carbons (Fsp3) is 0.364. The number of anilines is 1. The molecule has 1 aromatic heterocycles. The molecule has 1 atom stereocenters. The first-order valence-corrected chi connectivity index (χ1v) is 11.1. The predicted molar refractivity (Wildman–Crippen MR) is 118 cm³/mol. The fourth-order valence-corrected chi connectivity index (χ4v) is 5.01. The third kappa shape index (κ3) is 4.29. The Bertz CT molecular complexity index is 1010. The minimum Gasteiger partial charge on any atom is -0.376 e. The van der Waals surface area contributed by atoms with Gasteiger partial charge in [-0.2, -0.15) is 0 Å². The van der Waals surface area contributed by atoms with Gasteiger partial charge in [-0.05, 0) is 61.6 Å². The summed E-state index contributed by atoms with van der Waals surface area (Å²) in [6.07, 6.45) is 2.50. The van der Waals surface area contributed by atoms with E-state index in [1.807, 2.05) is 23.1 Å². The SMILES string of the molecule is Cc1ccc(CC(=O)N(CC2CCCO2)c2nc3ccc(Br)cc3s2)cc1C. The van der Waals surface area contributed by atoms with Crippen LogP contribution in [-0.4, -0.2) is 30.1 Å². The van der Waals surface area contributed by atoms with E-state index < -0.39 is 0 Å². The zero-order valence-corrected chi connectivity index (χ0v) is 18.5. The zero-order chi connectivity index (χ0) is 19.7. The van der Waals surface area contributed by atoms with Gasteiger partial charge in [0.25, 0.3) is 0 Å². The molecule has 1 aliphatic rings. The Kier molecular flexibility index (Phi) is 5.80. The van der Waals surface area contributed by atoms with Crippen LogP contribution < -0.4 is 4.90 Å². The van der Waals surface area contributed by atoms with Crippen molar-refractivity contribution >= 4 is 48.5 Å². The normalized spacial score (nSPS) is 16.6. The monoisotopic (exact) mass is 458 g/mol. The number of nitrogens with zero attached hydrogens (tertiary/aromatic N) is 2. The molecule has 0 spiro atoms. The molecule has 146 valence electrons. The average molecular weight is 459 g/mol. The summed E-state index contributed by atoms with van der Waals surface area (Å²) < 4.78 is 7.89. The molecule has 0 N–H and O–H groups in total. The Morgan fingerprint density at radius 1 is 1.25 bits per heavy atom. The number of hydrogen-bond donors (Lipinski definition) is 0. The Morgan fingerprint density at radius 2 is 2.11 bits per heavy atom. The van der Waals surface area contributed by atoms with Gasteiger partial charge in [0.2, 0.25) is 5.91 Å². The van der Waals surface area contributed by atoms with Crippen LogP contribution in [0, 0.1) is 13.8 Å². The van der Waals surface area contributed by atoms with Crippen LogP contribution in [0.5, 0.6) is 0 Å². The first-order chi connectivity index (χ1) is 13.5. The van der Waals surface area contributed by atoms with E-state index in [0.717, 1.165) is 44.8 Å². The molecule has 1 saturated heterocycles. The minimum atomic E-state index is 0.0666. The van der Waals surface area contributed by atoms with Crippen LogP contribution in [0.4, 0.5) is 5.13 Å². The van der Waals surface area contributed by atoms with E-state index in [1.54, 1.807) is 11.3 Å². The molecule has 6 heteroatoms. The van der Waals surface area contributed by atoms with E-state index in [0.29, 0.717) is 13.0 Å². The molecule has 1 aliphatic heterocycles. The van der Waals surface area contributed by atoms with E-state index in [1.165, 1.54) is 11.1 Å². The number of carbonyl (C=O) groups excluding carboxylic acids is 1. The van der Waals surface area contributed by atoms with Crippen molar-refractivity contribution in [1.82, 2.24) is 4.98 Å². The highest BCUT2D eigenvalue weighted by Crippen LogP contribution is 2.32. The lowest BCUT2D eigenvalue weighted by Gasteiger charge is -2.23. The maximum atomic E-state index is 13.3. The van der Waals surface area contributed by atoms with Crippen molar-refractivity contribution in [1.29, 1.82) is 0 Å². The van der Waals surface area contributed by atoms with Crippen LogP contribution >= 0.6 is 27.3 Å². The van der Waals surface area contributed by atoms with Gasteiger partial charge in [-0.3, -0.25) is 9.69 Å². The van der Waals surface area contributed by atoms with Gasteiger partial charge in [-0.25, -0.2) is 4.98 Å². The number of fused-ring (bicyclic) bond motifs is 1. The molecule has 0 saturated carbocycles. The molecule has 1 amide bonds. The van der Waals surface area contributed by atoms with Crippen molar-refractivity contribution < 1.29 is 9.53 Å². The van der Waals surface area contributed by atoms with Crippen molar-refractivity contribution in [3.05, 3.63) is 57.6 Å². The quantitative estimate of drug-likeness (QED) is 0.511. The van der Waals surface area contributed by atoms with Gasteiger partial charge in [0.15, 0.2) is 5.13 Å². The molecule has 4 nitrogen and oxygen atoms in total. The minimum absolute atomic E-state index is 0.0666. The molecule has 1 fully saturated rings. The maximum absolute atomic E-state index is 13.3. The average Bonchev–Trinajstić information content (AvgIpc) is 3.31. The number of benzene rings is 2. The number of halogens is 1. The van der Waals surface area contributed by atoms with Crippen LogP contribution in [0.3, 0.4) is 0 Å². The van der Waals surface area contributed by atoms with Crippen LogP contribution in [-0.2, 0) is 16.0 Å². The summed E-state index contributed by atoms with van der Waals surface area (Å²) in [5.74, 6) is 0.0666. The predicted octanol–water partition coefficient (Wildman–Crippen LogP) is 5.43. The summed E-state index contributed by atoms with van der Waals surface area (Å²) in [5.41, 5.74) is 4.40. The molecule has 28 heavy (non-hydrogen) atoms. The van der Waals surface area contributed by atoms with Gasteiger partial charge in [0, 0.05) is 11.1 Å². The van der Waals surface area contributed by atoms with Crippen molar-refractivity contribution in [2.24, 2.45) is 0 Å². The number of aromatic nitrogens is 1. The molecule has 1 unspecified atom stereocenters. The number of rotatable bonds is 5. The Balaban J connectivity index is 1.63. The first-order valence-electron chi connectivity index (χ1n) is 9.54. The van der Waals surface area contributed by atoms with Crippen LogP contribution in [0.15, 0.2) is 40.9 Å². The van der Waals surface area contributed by atoms with Gasteiger partial charge in [0.05, 0.1) is 29.3 Å². The van der Waals surface area contributed by atoms with Gasteiger partial charge in [-0.1, -0.05) is 45.5 Å². The van der Waals surface area contributed by atoms with E-state index in [-0.39, 0.29) is 12.0 Å². The second-order valence-corrected chi connectivity index (χ2v) is 9.27. The Hall–Kier alpha value is -1.76. The van der Waals surface area contributed by atoms with E-state index in [9.17, 15) is 4.79 Å². The number of carbonyl (C=O) groups is 1. The van der Waals surface area contributed by atoms with Gasteiger partial charge < -0.3 is 4.74 Å². The third-order valence-corrected chi connectivity index (χ3v) is 6.74. The number of hydrogen-bond acceptors (Lipinski definition) is 4.